The molecule has 4 rings (SSSR count). The second kappa shape index (κ2) is 7.17. The van der Waals surface area contributed by atoms with E-state index in [0.717, 1.165) is 50.3 Å². The largest absolute Gasteiger partial charge is 0.342 e. The number of anilines is 2. The molecule has 1 saturated carbocycles. The van der Waals surface area contributed by atoms with E-state index in [4.69, 9.17) is 0 Å². The zero-order valence-electron chi connectivity index (χ0n) is 14.3. The van der Waals surface area contributed by atoms with Gasteiger partial charge in [0.25, 0.3) is 0 Å². The van der Waals surface area contributed by atoms with Crippen LogP contribution in [0.25, 0.3) is 0 Å². The van der Waals surface area contributed by atoms with Gasteiger partial charge in [-0.15, -0.1) is 0 Å². The third kappa shape index (κ3) is 3.62. The van der Waals surface area contributed by atoms with Crippen molar-refractivity contribution in [3.8, 4) is 0 Å². The number of rotatable bonds is 4. The van der Waals surface area contributed by atoms with Gasteiger partial charge in [-0.2, -0.15) is 0 Å². The van der Waals surface area contributed by atoms with Crippen LogP contribution in [0, 0.1) is 5.92 Å². The van der Waals surface area contributed by atoms with Crippen molar-refractivity contribution in [3.63, 3.8) is 0 Å². The zero-order valence-corrected chi connectivity index (χ0v) is 14.3. The van der Waals surface area contributed by atoms with E-state index in [1.807, 2.05) is 29.2 Å². The van der Waals surface area contributed by atoms with Crippen LogP contribution in [-0.2, 0) is 4.79 Å². The highest BCUT2D eigenvalue weighted by Crippen LogP contribution is 2.32. The van der Waals surface area contributed by atoms with Crippen LogP contribution in [0.15, 0.2) is 36.7 Å². The van der Waals surface area contributed by atoms with E-state index in [9.17, 15) is 4.79 Å². The molecule has 130 valence electrons. The number of aromatic nitrogens is 3. The molecule has 1 saturated heterocycles. The molecule has 2 aromatic heterocycles. The van der Waals surface area contributed by atoms with E-state index in [0.29, 0.717) is 11.9 Å². The molecule has 2 aromatic rings. The monoisotopic (exact) mass is 337 g/mol. The summed E-state index contributed by atoms with van der Waals surface area (Å²) in [5.41, 5.74) is 1.000. The van der Waals surface area contributed by atoms with Gasteiger partial charge in [0.2, 0.25) is 11.9 Å². The molecule has 6 heteroatoms. The molecule has 2 aliphatic rings. The summed E-state index contributed by atoms with van der Waals surface area (Å²) in [4.78, 5) is 27.8. The first-order chi connectivity index (χ1) is 12.3. The van der Waals surface area contributed by atoms with Crippen molar-refractivity contribution in [2.45, 2.75) is 38.0 Å². The molecule has 1 aliphatic heterocycles. The quantitative estimate of drug-likeness (QED) is 0.928. The summed E-state index contributed by atoms with van der Waals surface area (Å²) in [6.45, 7) is 1.66. The number of hydrogen-bond acceptors (Lipinski definition) is 5. The smallest absolute Gasteiger partial charge is 0.228 e. The molecule has 6 nitrogen and oxygen atoms in total. The number of carbonyl (C=O) groups is 1. The molecule has 25 heavy (non-hydrogen) atoms. The van der Waals surface area contributed by atoms with Crippen LogP contribution in [0.2, 0.25) is 0 Å². The minimum absolute atomic E-state index is 0.269. The first-order valence-corrected chi connectivity index (χ1v) is 9.09. The van der Waals surface area contributed by atoms with Gasteiger partial charge in [-0.1, -0.05) is 12.5 Å². The summed E-state index contributed by atoms with van der Waals surface area (Å²) in [7, 11) is 0. The van der Waals surface area contributed by atoms with E-state index >= 15 is 0 Å². The molecule has 0 bridgehead atoms. The Morgan fingerprint density at radius 1 is 1.08 bits per heavy atom. The average molecular weight is 337 g/mol. The number of nitrogens with zero attached hydrogens (tertiary/aromatic N) is 4. The van der Waals surface area contributed by atoms with Gasteiger partial charge in [-0.05, 0) is 43.9 Å². The van der Waals surface area contributed by atoms with Crippen molar-refractivity contribution in [1.29, 1.82) is 0 Å². The maximum absolute atomic E-state index is 12.5. The number of carbonyl (C=O) groups excluding carboxylic acids is 1. The molecular weight excluding hydrogens is 314 g/mol. The van der Waals surface area contributed by atoms with Gasteiger partial charge in [-0.3, -0.25) is 4.79 Å². The highest BCUT2D eigenvalue weighted by molar-refractivity contribution is 5.79. The minimum atomic E-state index is 0.269. The Morgan fingerprint density at radius 2 is 2.00 bits per heavy atom. The van der Waals surface area contributed by atoms with Gasteiger partial charge in [0, 0.05) is 37.3 Å². The number of piperidine rings is 1. The molecule has 0 radical (unpaired) electrons. The van der Waals surface area contributed by atoms with Crippen molar-refractivity contribution < 1.29 is 4.79 Å². The van der Waals surface area contributed by atoms with Gasteiger partial charge in [-0.25, -0.2) is 15.0 Å². The van der Waals surface area contributed by atoms with Crippen LogP contribution in [0.5, 0.6) is 0 Å². The molecule has 3 heterocycles. The maximum atomic E-state index is 12.5. The lowest BCUT2D eigenvalue weighted by molar-refractivity contribution is -0.139. The van der Waals surface area contributed by atoms with Gasteiger partial charge in [0.05, 0.1) is 5.69 Å². The maximum Gasteiger partial charge on any atom is 0.228 e. The summed E-state index contributed by atoms with van der Waals surface area (Å²) in [5.74, 6) is 2.18. The second-order valence-electron chi connectivity index (χ2n) is 6.90. The van der Waals surface area contributed by atoms with E-state index in [1.54, 1.807) is 12.4 Å². The van der Waals surface area contributed by atoms with E-state index < -0.39 is 0 Å². The van der Waals surface area contributed by atoms with Crippen LogP contribution < -0.4 is 5.32 Å². The first-order valence-electron chi connectivity index (χ1n) is 9.09. The lowest BCUT2D eigenvalue weighted by atomic mass is 9.83. The van der Waals surface area contributed by atoms with Crippen molar-refractivity contribution in [2.75, 3.05) is 18.4 Å². The molecule has 1 unspecified atom stereocenters. The summed E-state index contributed by atoms with van der Waals surface area (Å²) in [5, 5.41) is 3.14. The minimum Gasteiger partial charge on any atom is -0.342 e. The SMILES string of the molecule is O=C(C1CCC1)N1CCCC(c2ccnc(Nc3ccccn3)n2)C1. The number of likely N-dealkylation sites (tertiary alicyclic amines) is 1. The summed E-state index contributed by atoms with van der Waals surface area (Å²) < 4.78 is 0. The Labute approximate surface area is 147 Å². The topological polar surface area (TPSA) is 71.0 Å². The van der Waals surface area contributed by atoms with Gasteiger partial charge < -0.3 is 10.2 Å². The molecule has 0 spiro atoms. The fourth-order valence-electron chi connectivity index (χ4n) is 3.54. The standard InChI is InChI=1S/C19H23N5O/c25-18(14-5-3-6-14)24-12-4-7-15(13-24)16-9-11-21-19(22-16)23-17-8-1-2-10-20-17/h1-2,8-11,14-15H,3-7,12-13H2,(H,20,21,22,23). The first kappa shape index (κ1) is 16.0. The average Bonchev–Trinajstić information content (AvgIpc) is 2.61. The summed E-state index contributed by atoms with van der Waals surface area (Å²) >= 11 is 0. The van der Waals surface area contributed by atoms with Crippen LogP contribution in [0.1, 0.15) is 43.7 Å². The fourth-order valence-corrected chi connectivity index (χ4v) is 3.54. The zero-order chi connectivity index (χ0) is 17.1. The van der Waals surface area contributed by atoms with Crippen LogP contribution >= 0.6 is 0 Å². The highest BCUT2D eigenvalue weighted by atomic mass is 16.2. The fraction of sp³-hybridized carbons (Fsp3) is 0.474. The predicted molar refractivity (Wildman–Crippen MR) is 95.4 cm³/mol. The molecule has 1 atom stereocenters. The molecule has 1 N–H and O–H groups in total. The third-order valence-corrected chi connectivity index (χ3v) is 5.19. The Hall–Kier alpha value is -2.50. The molecule has 2 fully saturated rings. The summed E-state index contributed by atoms with van der Waals surface area (Å²) in [6, 6.07) is 7.64. The molecule has 1 amide bonds. The number of pyridine rings is 1. The van der Waals surface area contributed by atoms with Crippen LogP contribution in [-0.4, -0.2) is 38.8 Å². The number of amides is 1. The third-order valence-electron chi connectivity index (χ3n) is 5.19. The second-order valence-corrected chi connectivity index (χ2v) is 6.90. The van der Waals surface area contributed by atoms with Crippen LogP contribution in [0.3, 0.4) is 0 Å². The Balaban J connectivity index is 1.45. The molecule has 1 aliphatic carbocycles. The van der Waals surface area contributed by atoms with Crippen molar-refractivity contribution >= 4 is 17.7 Å². The molecule has 0 aromatic carbocycles. The van der Waals surface area contributed by atoms with Crippen molar-refractivity contribution in [1.82, 2.24) is 19.9 Å². The van der Waals surface area contributed by atoms with Crippen LogP contribution in [0.4, 0.5) is 11.8 Å². The highest BCUT2D eigenvalue weighted by Gasteiger charge is 2.32. The Bertz CT molecular complexity index is 732. The Kier molecular flexibility index (Phi) is 4.59. The van der Waals surface area contributed by atoms with E-state index in [-0.39, 0.29) is 11.8 Å². The normalized spacial score (nSPS) is 20.8. The predicted octanol–water partition coefficient (Wildman–Crippen LogP) is 3.12. The Morgan fingerprint density at radius 3 is 2.76 bits per heavy atom. The number of nitrogens with one attached hydrogen (secondary N) is 1. The lowest BCUT2D eigenvalue weighted by Gasteiger charge is -2.37. The lowest BCUT2D eigenvalue weighted by Crippen LogP contribution is -2.44. The van der Waals surface area contributed by atoms with Crippen molar-refractivity contribution in [3.05, 3.63) is 42.4 Å². The number of hydrogen-bond donors (Lipinski definition) is 1. The van der Waals surface area contributed by atoms with Gasteiger partial charge >= 0.3 is 0 Å². The van der Waals surface area contributed by atoms with E-state index in [1.165, 1.54) is 6.42 Å². The van der Waals surface area contributed by atoms with Gasteiger partial charge in [0.1, 0.15) is 5.82 Å². The summed E-state index contributed by atoms with van der Waals surface area (Å²) in [6.07, 6.45) is 8.93. The van der Waals surface area contributed by atoms with Gasteiger partial charge in [0.15, 0.2) is 0 Å². The van der Waals surface area contributed by atoms with E-state index in [2.05, 4.69) is 20.3 Å². The molecular formula is C19H23N5O. The van der Waals surface area contributed by atoms with Crippen molar-refractivity contribution in [2.24, 2.45) is 5.92 Å².